The molecule has 0 spiro atoms. The third kappa shape index (κ3) is 12.6. The molecule has 0 aliphatic heterocycles. The van der Waals surface area contributed by atoms with Gasteiger partial charge in [-0.1, -0.05) is 155 Å². The second-order valence-corrected chi connectivity index (χ2v) is 19.0. The second-order valence-electron chi connectivity index (χ2n) is 19.0. The van der Waals surface area contributed by atoms with E-state index < -0.39 is 0 Å². The van der Waals surface area contributed by atoms with Crippen LogP contribution in [0.2, 0.25) is 0 Å². The monoisotopic (exact) mass is 705 g/mol. The van der Waals surface area contributed by atoms with E-state index in [1.54, 1.807) is 5.57 Å². The summed E-state index contributed by atoms with van der Waals surface area (Å²) < 4.78 is 6.14. The number of hydrogen-bond donors (Lipinski definition) is 0. The first kappa shape index (κ1) is 42.4. The summed E-state index contributed by atoms with van der Waals surface area (Å²) in [5.74, 6) is 5.31. The van der Waals surface area contributed by atoms with E-state index in [2.05, 4.69) is 71.9 Å². The van der Waals surface area contributed by atoms with E-state index in [1.165, 1.54) is 141 Å². The van der Waals surface area contributed by atoms with Crippen LogP contribution in [-0.4, -0.2) is 12.1 Å². The highest BCUT2D eigenvalue weighted by molar-refractivity contribution is 5.69. The summed E-state index contributed by atoms with van der Waals surface area (Å²) in [5.41, 5.74) is 2.52. The van der Waals surface area contributed by atoms with Gasteiger partial charge in [0.1, 0.15) is 6.10 Å². The molecule has 0 saturated heterocycles. The predicted octanol–water partition coefficient (Wildman–Crippen LogP) is 15.3. The van der Waals surface area contributed by atoms with Crippen molar-refractivity contribution in [3.63, 3.8) is 0 Å². The van der Waals surface area contributed by atoms with Crippen LogP contribution in [0.4, 0.5) is 0 Å². The number of unbranched alkanes of at least 4 members (excludes halogenated alkanes) is 12. The maximum Gasteiger partial charge on any atom is 0.306 e. The summed E-state index contributed by atoms with van der Waals surface area (Å²) in [4.78, 5) is 12.9. The number of ether oxygens (including phenoxy) is 1. The van der Waals surface area contributed by atoms with Gasteiger partial charge in [0.05, 0.1) is 0 Å². The van der Waals surface area contributed by atoms with E-state index in [9.17, 15) is 4.79 Å². The van der Waals surface area contributed by atoms with Crippen molar-refractivity contribution in [3.8, 4) is 0 Å². The highest BCUT2D eigenvalue weighted by Crippen LogP contribution is 2.67. The molecule has 0 amide bonds. The van der Waals surface area contributed by atoms with Gasteiger partial charge in [-0.15, -0.1) is 0 Å². The molecule has 0 bridgehead atoms. The van der Waals surface area contributed by atoms with Gasteiger partial charge in [-0.2, -0.15) is 0 Å². The zero-order valence-corrected chi connectivity index (χ0v) is 34.8. The highest BCUT2D eigenvalue weighted by Gasteiger charge is 2.59. The number of hydrogen-bond acceptors (Lipinski definition) is 2. The Hall–Kier alpha value is -1.31. The van der Waals surface area contributed by atoms with Gasteiger partial charge in [0.15, 0.2) is 0 Å². The zero-order chi connectivity index (χ0) is 36.5. The number of rotatable bonds is 24. The van der Waals surface area contributed by atoms with Crippen LogP contribution >= 0.6 is 0 Å². The number of carbonyl (C=O) groups is 1. The molecular weight excluding hydrogens is 621 g/mol. The van der Waals surface area contributed by atoms with E-state index >= 15 is 0 Å². The Morgan fingerprint density at radius 2 is 1.43 bits per heavy atom. The Balaban J connectivity index is 1.05. The lowest BCUT2D eigenvalue weighted by atomic mass is 9.47. The average molecular weight is 705 g/mol. The van der Waals surface area contributed by atoms with Crippen molar-refractivity contribution in [1.29, 1.82) is 0 Å². The molecule has 0 aromatic heterocycles. The van der Waals surface area contributed by atoms with E-state index in [-0.39, 0.29) is 12.1 Å². The molecule has 3 fully saturated rings. The molecule has 2 heteroatoms. The minimum absolute atomic E-state index is 0.0582. The molecule has 0 radical (unpaired) electrons. The van der Waals surface area contributed by atoms with Crippen LogP contribution < -0.4 is 0 Å². The number of esters is 1. The molecule has 0 N–H and O–H groups in total. The highest BCUT2D eigenvalue weighted by atomic mass is 16.5. The molecule has 4 aliphatic rings. The van der Waals surface area contributed by atoms with E-state index in [4.69, 9.17) is 4.74 Å². The van der Waals surface area contributed by atoms with Crippen LogP contribution in [0.25, 0.3) is 0 Å². The van der Waals surface area contributed by atoms with Crippen molar-refractivity contribution in [1.82, 2.24) is 0 Å². The Morgan fingerprint density at radius 3 is 2.12 bits per heavy atom. The standard InChI is InChI=1S/C49H84O2/c1-7-8-9-10-11-12-13-14-15-16-17-18-19-20-21-22-23-24-25-29-47(50)51-42-34-36-48(5)41(38-42)30-31-43-45-33-32-44(40(4)28-26-27-39(2)3)49(45,6)37-35-46(43)48/h11-12,14-15,30,39-40,42-46H,7-10,13,16-29,31-38H2,1-6H3. The molecule has 0 heterocycles. The van der Waals surface area contributed by atoms with E-state index in [0.29, 0.717) is 17.3 Å². The van der Waals surface area contributed by atoms with Crippen molar-refractivity contribution < 1.29 is 9.53 Å². The topological polar surface area (TPSA) is 26.3 Å². The summed E-state index contributed by atoms with van der Waals surface area (Å²) in [7, 11) is 0. The summed E-state index contributed by atoms with van der Waals surface area (Å²) in [6.07, 6.45) is 46.4. The zero-order valence-electron chi connectivity index (χ0n) is 34.8. The van der Waals surface area contributed by atoms with Crippen molar-refractivity contribution in [2.45, 2.75) is 221 Å². The molecule has 2 nitrogen and oxygen atoms in total. The van der Waals surface area contributed by atoms with E-state index in [0.717, 1.165) is 61.2 Å². The molecule has 0 aromatic carbocycles. The third-order valence-electron chi connectivity index (χ3n) is 14.9. The summed E-state index contributed by atoms with van der Waals surface area (Å²) >= 11 is 0. The number of fused-ring (bicyclic) bond motifs is 5. The first-order valence-corrected chi connectivity index (χ1v) is 22.9. The van der Waals surface area contributed by atoms with Gasteiger partial charge in [0.2, 0.25) is 0 Å². The van der Waals surface area contributed by atoms with Gasteiger partial charge >= 0.3 is 5.97 Å². The lowest BCUT2D eigenvalue weighted by Gasteiger charge is -2.58. The van der Waals surface area contributed by atoms with Gasteiger partial charge in [0, 0.05) is 12.8 Å². The Kier molecular flexibility index (Phi) is 18.4. The van der Waals surface area contributed by atoms with Crippen molar-refractivity contribution in [3.05, 3.63) is 36.0 Å². The maximum absolute atomic E-state index is 12.9. The van der Waals surface area contributed by atoms with Crippen LogP contribution in [-0.2, 0) is 9.53 Å². The normalized spacial score (nSPS) is 31.1. The molecule has 3 saturated carbocycles. The number of carbonyl (C=O) groups excluding carboxylic acids is 1. The first-order chi connectivity index (χ1) is 24.7. The van der Waals surface area contributed by atoms with Gasteiger partial charge in [-0.3, -0.25) is 4.79 Å². The molecule has 8 unspecified atom stereocenters. The molecular formula is C49H84O2. The van der Waals surface area contributed by atoms with Crippen molar-refractivity contribution in [2.24, 2.45) is 46.3 Å². The van der Waals surface area contributed by atoms with Gasteiger partial charge in [-0.25, -0.2) is 0 Å². The van der Waals surface area contributed by atoms with Crippen LogP contribution in [0.15, 0.2) is 36.0 Å². The fourth-order valence-corrected chi connectivity index (χ4v) is 11.8. The van der Waals surface area contributed by atoms with Crippen molar-refractivity contribution in [2.75, 3.05) is 0 Å². The summed E-state index contributed by atoms with van der Waals surface area (Å²) in [6.45, 7) is 14.9. The largest absolute Gasteiger partial charge is 0.462 e. The van der Waals surface area contributed by atoms with E-state index in [1.807, 2.05) is 0 Å². The molecule has 292 valence electrons. The third-order valence-corrected chi connectivity index (χ3v) is 14.9. The Bertz CT molecular complexity index is 1080. The second kappa shape index (κ2) is 22.2. The average Bonchev–Trinajstić information content (AvgIpc) is 3.46. The summed E-state index contributed by atoms with van der Waals surface area (Å²) in [6, 6.07) is 0. The predicted molar refractivity (Wildman–Crippen MR) is 221 cm³/mol. The maximum atomic E-state index is 12.9. The lowest BCUT2D eigenvalue weighted by Crippen LogP contribution is -2.51. The fraction of sp³-hybridized carbons (Fsp3) is 0.857. The number of allylic oxidation sites excluding steroid dienone is 5. The van der Waals surface area contributed by atoms with Gasteiger partial charge in [-0.05, 0) is 130 Å². The van der Waals surface area contributed by atoms with Gasteiger partial charge < -0.3 is 4.74 Å². The fourth-order valence-electron chi connectivity index (χ4n) is 11.8. The molecule has 51 heavy (non-hydrogen) atoms. The minimum atomic E-state index is 0.0582. The van der Waals surface area contributed by atoms with Crippen LogP contribution in [0, 0.1) is 46.3 Å². The minimum Gasteiger partial charge on any atom is -0.462 e. The lowest BCUT2D eigenvalue weighted by molar-refractivity contribution is -0.151. The van der Waals surface area contributed by atoms with Crippen LogP contribution in [0.3, 0.4) is 0 Å². The van der Waals surface area contributed by atoms with Crippen LogP contribution in [0.5, 0.6) is 0 Å². The Morgan fingerprint density at radius 1 is 0.765 bits per heavy atom. The van der Waals surface area contributed by atoms with Crippen molar-refractivity contribution >= 4 is 5.97 Å². The molecule has 0 aromatic rings. The first-order valence-electron chi connectivity index (χ1n) is 22.9. The molecule has 4 aliphatic carbocycles. The molecule has 8 atom stereocenters. The quantitative estimate of drug-likeness (QED) is 0.0568. The molecule has 4 rings (SSSR count). The summed E-state index contributed by atoms with van der Waals surface area (Å²) in [5, 5.41) is 0. The van der Waals surface area contributed by atoms with Gasteiger partial charge in [0.25, 0.3) is 0 Å². The van der Waals surface area contributed by atoms with Crippen LogP contribution in [0.1, 0.15) is 215 Å². The smallest absolute Gasteiger partial charge is 0.306 e. The SMILES string of the molecule is CCCCCC=CCC=CCCCCCCCCCCCC(=O)OC1CCC2(C)C(=CCC3C2CCC2(C)C(C(C)CCCC(C)C)CCC32)C1. The Labute approximate surface area is 317 Å².